The molecule has 0 aromatic heterocycles. The van der Waals surface area contributed by atoms with Crippen LogP contribution in [0.4, 0.5) is 4.79 Å². The molecule has 0 radical (unpaired) electrons. The Kier molecular flexibility index (Phi) is 7.25. The summed E-state index contributed by atoms with van der Waals surface area (Å²) in [5.41, 5.74) is 0. The zero-order valence-electron chi connectivity index (χ0n) is 9.88. The molecule has 0 heterocycles. The molecule has 0 N–H and O–H groups in total. The molecule has 14 heavy (non-hydrogen) atoms. The molecule has 3 nitrogen and oxygen atoms in total. The Morgan fingerprint density at radius 2 is 2.00 bits per heavy atom. The first-order valence-electron chi connectivity index (χ1n) is 5.53. The molecular weight excluding hydrogens is 178 g/mol. The minimum Gasteiger partial charge on any atom is -0.449 e. The Labute approximate surface area is 87.4 Å². The van der Waals surface area contributed by atoms with Gasteiger partial charge in [0.1, 0.15) is 0 Å². The number of unbranched alkanes of at least 4 members (excludes halogenated alkanes) is 1. The van der Waals surface area contributed by atoms with E-state index in [1.807, 2.05) is 20.8 Å². The van der Waals surface area contributed by atoms with Crippen molar-refractivity contribution in [1.29, 1.82) is 0 Å². The van der Waals surface area contributed by atoms with Gasteiger partial charge >= 0.3 is 6.09 Å². The molecule has 84 valence electrons. The van der Waals surface area contributed by atoms with E-state index in [0.29, 0.717) is 12.5 Å². The van der Waals surface area contributed by atoms with Crippen LogP contribution >= 0.6 is 0 Å². The molecule has 0 aliphatic rings. The smallest absolute Gasteiger partial charge is 0.409 e. The lowest BCUT2D eigenvalue weighted by atomic mass is 10.2. The van der Waals surface area contributed by atoms with Gasteiger partial charge in [0.15, 0.2) is 0 Å². The zero-order chi connectivity index (χ0) is 11.0. The van der Waals surface area contributed by atoms with Crippen molar-refractivity contribution >= 4 is 6.09 Å². The maximum atomic E-state index is 11.5. The zero-order valence-corrected chi connectivity index (χ0v) is 9.88. The van der Waals surface area contributed by atoms with E-state index in [0.717, 1.165) is 25.9 Å². The summed E-state index contributed by atoms with van der Waals surface area (Å²) in [6, 6.07) is 0. The summed E-state index contributed by atoms with van der Waals surface area (Å²) in [5, 5.41) is 0. The molecule has 0 bridgehead atoms. The van der Waals surface area contributed by atoms with Crippen LogP contribution < -0.4 is 0 Å². The first kappa shape index (κ1) is 13.3. The number of hydrogen-bond acceptors (Lipinski definition) is 2. The molecule has 0 rings (SSSR count). The summed E-state index contributed by atoms with van der Waals surface area (Å²) in [6.45, 7) is 10.2. The van der Waals surface area contributed by atoms with Gasteiger partial charge in [-0.1, -0.05) is 27.2 Å². The van der Waals surface area contributed by atoms with Gasteiger partial charge in [0.05, 0.1) is 6.61 Å². The first-order valence-corrected chi connectivity index (χ1v) is 5.53. The molecular formula is C11H23NO2. The monoisotopic (exact) mass is 201 g/mol. The summed E-state index contributed by atoms with van der Waals surface area (Å²) in [6.07, 6.45) is 1.98. The second kappa shape index (κ2) is 7.65. The highest BCUT2D eigenvalue weighted by Gasteiger charge is 2.12. The van der Waals surface area contributed by atoms with Crippen molar-refractivity contribution in [3.05, 3.63) is 0 Å². The number of hydrogen-bond donors (Lipinski definition) is 0. The van der Waals surface area contributed by atoms with Crippen molar-refractivity contribution < 1.29 is 9.53 Å². The number of amides is 1. The predicted molar refractivity (Wildman–Crippen MR) is 58.3 cm³/mol. The van der Waals surface area contributed by atoms with E-state index in [9.17, 15) is 4.79 Å². The van der Waals surface area contributed by atoms with Gasteiger partial charge in [0.2, 0.25) is 0 Å². The van der Waals surface area contributed by atoms with Gasteiger partial charge in [-0.05, 0) is 19.3 Å². The summed E-state index contributed by atoms with van der Waals surface area (Å²) in [5.74, 6) is 0.406. The van der Waals surface area contributed by atoms with Crippen molar-refractivity contribution in [2.24, 2.45) is 5.92 Å². The topological polar surface area (TPSA) is 29.5 Å². The van der Waals surface area contributed by atoms with E-state index >= 15 is 0 Å². The molecule has 1 amide bonds. The first-order chi connectivity index (χ1) is 6.61. The van der Waals surface area contributed by atoms with E-state index < -0.39 is 0 Å². The Hall–Kier alpha value is -0.730. The van der Waals surface area contributed by atoms with Gasteiger partial charge in [-0.3, -0.25) is 0 Å². The Bertz CT molecular complexity index is 157. The molecule has 0 aliphatic carbocycles. The molecule has 0 aromatic rings. The fourth-order valence-electron chi connectivity index (χ4n) is 1.06. The van der Waals surface area contributed by atoms with Crippen LogP contribution in [0, 0.1) is 5.92 Å². The maximum absolute atomic E-state index is 11.5. The van der Waals surface area contributed by atoms with E-state index in [2.05, 4.69) is 6.92 Å². The van der Waals surface area contributed by atoms with Crippen LogP contribution in [0.5, 0.6) is 0 Å². The lowest BCUT2D eigenvalue weighted by Gasteiger charge is -2.20. The van der Waals surface area contributed by atoms with Gasteiger partial charge in [-0.25, -0.2) is 4.79 Å². The van der Waals surface area contributed by atoms with Gasteiger partial charge in [0, 0.05) is 13.1 Å². The molecule has 0 saturated carbocycles. The van der Waals surface area contributed by atoms with Crippen LogP contribution in [-0.4, -0.2) is 30.7 Å². The third-order valence-electron chi connectivity index (χ3n) is 1.96. The molecule has 0 spiro atoms. The molecule has 0 aliphatic heterocycles. The lowest BCUT2D eigenvalue weighted by molar-refractivity contribution is 0.0933. The lowest BCUT2D eigenvalue weighted by Crippen LogP contribution is -2.33. The molecule has 0 saturated heterocycles. The summed E-state index contributed by atoms with van der Waals surface area (Å²) in [4.78, 5) is 13.2. The van der Waals surface area contributed by atoms with Gasteiger partial charge in [0.25, 0.3) is 0 Å². The van der Waals surface area contributed by atoms with Gasteiger partial charge in [-0.2, -0.15) is 0 Å². The van der Waals surface area contributed by atoms with Gasteiger partial charge in [-0.15, -0.1) is 0 Å². The highest BCUT2D eigenvalue weighted by molar-refractivity contribution is 5.67. The molecule has 0 atom stereocenters. The van der Waals surface area contributed by atoms with E-state index in [-0.39, 0.29) is 6.09 Å². The number of ether oxygens (including phenoxy) is 1. The van der Waals surface area contributed by atoms with Crippen LogP contribution in [0.2, 0.25) is 0 Å². The van der Waals surface area contributed by atoms with Crippen molar-refractivity contribution in [3.8, 4) is 0 Å². The van der Waals surface area contributed by atoms with Crippen molar-refractivity contribution in [2.75, 3.05) is 19.7 Å². The number of nitrogens with zero attached hydrogens (tertiary/aromatic N) is 1. The van der Waals surface area contributed by atoms with Crippen LogP contribution in [0.15, 0.2) is 0 Å². The molecule has 0 unspecified atom stereocenters. The summed E-state index contributed by atoms with van der Waals surface area (Å²) in [7, 11) is 0. The normalized spacial score (nSPS) is 10.4. The average molecular weight is 201 g/mol. The standard InChI is InChI=1S/C11H23NO2/c1-5-7-8-12(6-2)11(13)14-9-10(3)4/h10H,5-9H2,1-4H3. The van der Waals surface area contributed by atoms with Crippen LogP contribution in [-0.2, 0) is 4.74 Å². The highest BCUT2D eigenvalue weighted by atomic mass is 16.6. The van der Waals surface area contributed by atoms with E-state index in [1.54, 1.807) is 4.90 Å². The fraction of sp³-hybridized carbons (Fsp3) is 0.909. The molecule has 0 aromatic carbocycles. The Balaban J connectivity index is 3.79. The Morgan fingerprint density at radius 1 is 1.36 bits per heavy atom. The SMILES string of the molecule is CCCCN(CC)C(=O)OCC(C)C. The van der Waals surface area contributed by atoms with Crippen molar-refractivity contribution in [3.63, 3.8) is 0 Å². The van der Waals surface area contributed by atoms with Crippen LogP contribution in [0.3, 0.4) is 0 Å². The largest absolute Gasteiger partial charge is 0.449 e. The number of carbonyl (C=O) groups excluding carboxylic acids is 1. The highest BCUT2D eigenvalue weighted by Crippen LogP contribution is 2.00. The maximum Gasteiger partial charge on any atom is 0.409 e. The third-order valence-corrected chi connectivity index (χ3v) is 1.96. The van der Waals surface area contributed by atoms with Crippen LogP contribution in [0.25, 0.3) is 0 Å². The van der Waals surface area contributed by atoms with E-state index in [1.165, 1.54) is 0 Å². The summed E-state index contributed by atoms with van der Waals surface area (Å²) < 4.78 is 5.14. The van der Waals surface area contributed by atoms with Gasteiger partial charge < -0.3 is 9.64 Å². The summed E-state index contributed by atoms with van der Waals surface area (Å²) >= 11 is 0. The Morgan fingerprint density at radius 3 is 2.43 bits per heavy atom. The second-order valence-electron chi connectivity index (χ2n) is 3.90. The number of rotatable bonds is 6. The minimum atomic E-state index is -0.172. The van der Waals surface area contributed by atoms with Crippen LogP contribution in [0.1, 0.15) is 40.5 Å². The fourth-order valence-corrected chi connectivity index (χ4v) is 1.06. The second-order valence-corrected chi connectivity index (χ2v) is 3.90. The number of carbonyl (C=O) groups is 1. The quantitative estimate of drug-likeness (QED) is 0.661. The molecule has 3 heteroatoms. The predicted octanol–water partition coefficient (Wildman–Crippen LogP) is 2.90. The van der Waals surface area contributed by atoms with Crippen molar-refractivity contribution in [2.45, 2.75) is 40.5 Å². The average Bonchev–Trinajstić information content (AvgIpc) is 2.16. The third kappa shape index (κ3) is 5.84. The minimum absolute atomic E-state index is 0.172. The van der Waals surface area contributed by atoms with E-state index in [4.69, 9.17) is 4.74 Å². The molecule has 0 fully saturated rings. The van der Waals surface area contributed by atoms with Crippen molar-refractivity contribution in [1.82, 2.24) is 4.90 Å².